The molecule has 0 fully saturated rings. The van der Waals surface area contributed by atoms with E-state index < -0.39 is 10.1 Å². The van der Waals surface area contributed by atoms with E-state index in [1.165, 1.54) is 13.1 Å². The molecule has 0 aromatic heterocycles. The molecule has 70 valence electrons. The van der Waals surface area contributed by atoms with Crippen molar-refractivity contribution in [2.24, 2.45) is 0 Å². The Morgan fingerprint density at radius 1 is 1.46 bits per heavy atom. The predicted octanol–water partition coefficient (Wildman–Crippen LogP) is -3.05. The molecule has 0 aromatic rings. The normalized spacial score (nSPS) is 8.15. The summed E-state index contributed by atoms with van der Waals surface area (Å²) in [5, 5.41) is 2.69. The minimum atomic E-state index is -4.15. The van der Waals surface area contributed by atoms with Crippen molar-refractivity contribution in [2.45, 2.75) is 6.92 Å². The van der Waals surface area contributed by atoms with Crippen LogP contribution < -0.4 is 34.9 Å². The van der Waals surface area contributed by atoms with Crippen LogP contribution in [0.3, 0.4) is 0 Å². The number of hydrogen-bond donors (Lipinski definition) is 1. The van der Waals surface area contributed by atoms with Crippen molar-refractivity contribution >= 4 is 16.0 Å². The predicted molar refractivity (Wildman–Crippen MR) is 43.9 cm³/mol. The topological polar surface area (TPSA) is 86.3 Å². The number of amides is 1. The third kappa shape index (κ3) is 33.6. The van der Waals surface area contributed by atoms with Gasteiger partial charge in [-0.25, -0.2) is 8.42 Å². The van der Waals surface area contributed by atoms with Gasteiger partial charge in [-0.05, 0) is 6.20 Å². The molecule has 0 unspecified atom stereocenters. The molecule has 13 heavy (non-hydrogen) atoms. The number of carbonyl (C=O) groups is 1. The average Bonchev–Trinajstić information content (AvgIpc) is 1.87. The van der Waals surface area contributed by atoms with Gasteiger partial charge < -0.3 is 9.87 Å². The maximum absolute atomic E-state index is 9.86. The summed E-state index contributed by atoms with van der Waals surface area (Å²) in [4.78, 5) is 9.86. The van der Waals surface area contributed by atoms with Crippen LogP contribution in [0.25, 0.3) is 0 Å². The molecule has 5 nitrogen and oxygen atoms in total. The van der Waals surface area contributed by atoms with Crippen LogP contribution in [0.1, 0.15) is 6.92 Å². The van der Waals surface area contributed by atoms with Crippen molar-refractivity contribution in [3.05, 3.63) is 24.8 Å². The minimum absolute atomic E-state index is 0. The molecule has 0 aliphatic heterocycles. The average molecular weight is 215 g/mol. The molecule has 0 rings (SSSR count). The van der Waals surface area contributed by atoms with Gasteiger partial charge in [0.15, 0.2) is 0 Å². The largest absolute Gasteiger partial charge is 1.00 e. The van der Waals surface area contributed by atoms with Crippen LogP contribution in [0.15, 0.2) is 24.8 Å². The molecule has 0 radical (unpaired) electrons. The first-order valence-corrected chi connectivity index (χ1v) is 4.27. The quantitative estimate of drug-likeness (QED) is 0.391. The first-order valence-electron chi connectivity index (χ1n) is 2.79. The zero-order valence-electron chi connectivity index (χ0n) is 7.61. The Labute approximate surface area is 99.9 Å². The van der Waals surface area contributed by atoms with Crippen LogP contribution >= 0.6 is 0 Å². The van der Waals surface area contributed by atoms with Crippen LogP contribution in [-0.4, -0.2) is 18.9 Å². The van der Waals surface area contributed by atoms with E-state index in [1.54, 1.807) is 0 Å². The summed E-state index contributed by atoms with van der Waals surface area (Å²) in [5.41, 5.74) is 0. The number of rotatable bonds is 2. The summed E-state index contributed by atoms with van der Waals surface area (Å²) < 4.78 is 28.0. The third-order valence-corrected chi connectivity index (χ3v) is 0.918. The van der Waals surface area contributed by atoms with E-state index in [0.717, 1.165) is 0 Å². The fourth-order valence-corrected chi connectivity index (χ4v) is 0.144. The van der Waals surface area contributed by atoms with Crippen LogP contribution in [0.2, 0.25) is 0 Å². The second kappa shape index (κ2) is 9.94. The van der Waals surface area contributed by atoms with Crippen LogP contribution in [0.5, 0.6) is 0 Å². The van der Waals surface area contributed by atoms with Crippen LogP contribution in [-0.2, 0) is 14.9 Å². The van der Waals surface area contributed by atoms with Crippen LogP contribution in [0.4, 0.5) is 0 Å². The van der Waals surface area contributed by atoms with E-state index in [9.17, 15) is 17.8 Å². The van der Waals surface area contributed by atoms with Gasteiger partial charge in [-0.3, -0.25) is 4.79 Å². The Morgan fingerprint density at radius 3 is 1.77 bits per heavy atom. The molecule has 0 spiro atoms. The molecule has 0 atom stereocenters. The molecule has 1 N–H and O–H groups in total. The maximum atomic E-state index is 9.86. The monoisotopic (exact) mass is 215 g/mol. The molecule has 0 saturated carbocycles. The van der Waals surface area contributed by atoms with Crippen molar-refractivity contribution in [3.63, 3.8) is 0 Å². The summed E-state index contributed by atoms with van der Waals surface area (Å²) in [6.45, 7) is 7.43. The molecule has 0 heterocycles. The summed E-state index contributed by atoms with van der Waals surface area (Å²) in [6, 6.07) is 0. The minimum Gasteiger partial charge on any atom is -0.745 e. The van der Waals surface area contributed by atoms with Gasteiger partial charge in [0.1, 0.15) is 10.1 Å². The Morgan fingerprint density at radius 2 is 1.77 bits per heavy atom. The van der Waals surface area contributed by atoms with Gasteiger partial charge in [-0.2, -0.15) is 0 Å². The molecule has 7 heteroatoms. The Balaban J connectivity index is -0.000000143. The molecule has 0 aromatic carbocycles. The van der Waals surface area contributed by atoms with Gasteiger partial charge in [-0.1, -0.05) is 13.2 Å². The molecule has 0 aliphatic rings. The Kier molecular flexibility index (Phi) is 14.2. The van der Waals surface area contributed by atoms with Crippen molar-refractivity contribution in [2.75, 3.05) is 0 Å². The van der Waals surface area contributed by atoms with Crippen molar-refractivity contribution < 1.29 is 47.3 Å². The summed E-state index contributed by atoms with van der Waals surface area (Å²) in [7, 11) is -4.15. The summed E-state index contributed by atoms with van der Waals surface area (Å²) >= 11 is 0. The van der Waals surface area contributed by atoms with Gasteiger partial charge in [-0.15, -0.1) is 0 Å². The molecule has 0 saturated heterocycles. The third-order valence-electron chi connectivity index (χ3n) is 0.509. The zero-order valence-corrected chi connectivity index (χ0v) is 10.4. The van der Waals surface area contributed by atoms with Crippen LogP contribution in [0, 0.1) is 0 Å². The van der Waals surface area contributed by atoms with Crippen molar-refractivity contribution in [1.82, 2.24) is 5.32 Å². The molecule has 1 amide bonds. The van der Waals surface area contributed by atoms with E-state index in [1.807, 2.05) is 0 Å². The summed E-state index contributed by atoms with van der Waals surface area (Å²) in [6.07, 6.45) is 1.35. The van der Waals surface area contributed by atoms with E-state index in [0.29, 0.717) is 5.41 Å². The summed E-state index contributed by atoms with van der Waals surface area (Å²) in [5.74, 6) is -0.0787. The molecule has 0 bridgehead atoms. The second-order valence-corrected chi connectivity index (χ2v) is 2.88. The Hall–Kier alpha value is -0.140. The zero-order chi connectivity index (χ0) is 10.2. The molecule has 0 aliphatic carbocycles. The van der Waals surface area contributed by atoms with Crippen molar-refractivity contribution in [3.8, 4) is 0 Å². The fraction of sp³-hybridized carbons (Fsp3) is 0.167. The van der Waals surface area contributed by atoms with E-state index >= 15 is 0 Å². The van der Waals surface area contributed by atoms with Gasteiger partial charge in [0.05, 0.1) is 0 Å². The molecular weight excluding hydrogens is 205 g/mol. The number of nitrogens with one attached hydrogen (secondary N) is 1. The first kappa shape index (κ1) is 18.6. The fourth-order valence-electron chi connectivity index (χ4n) is 0.144. The standard InChI is InChI=1S/C4H7NO.C2H4O3S.Na/c1-3-5-4(2)6;1-2-6(3,4)5;/h3H,1H2,2H3,(H,5,6);2H,1H2,(H,3,4,5);/q;;+1/p-1. The van der Waals surface area contributed by atoms with E-state index in [-0.39, 0.29) is 35.5 Å². The van der Waals surface area contributed by atoms with Gasteiger partial charge in [0, 0.05) is 12.3 Å². The van der Waals surface area contributed by atoms with Gasteiger partial charge in [0.2, 0.25) is 5.91 Å². The smallest absolute Gasteiger partial charge is 0.745 e. The molecular formula is C6H10NNaO4S. The number of hydrogen-bond acceptors (Lipinski definition) is 4. The second-order valence-electron chi connectivity index (χ2n) is 1.56. The van der Waals surface area contributed by atoms with E-state index in [4.69, 9.17) is 0 Å². The van der Waals surface area contributed by atoms with Crippen molar-refractivity contribution in [1.29, 1.82) is 0 Å². The first-order chi connectivity index (χ1) is 5.33. The van der Waals surface area contributed by atoms with Gasteiger partial charge in [0.25, 0.3) is 0 Å². The maximum Gasteiger partial charge on any atom is 1.00 e. The number of carbonyl (C=O) groups excluding carboxylic acids is 1. The SMILES string of the molecule is C=CNC(C)=O.C=CS(=O)(=O)[O-].[Na+]. The van der Waals surface area contributed by atoms with Gasteiger partial charge >= 0.3 is 29.6 Å². The van der Waals surface area contributed by atoms with E-state index in [2.05, 4.69) is 18.5 Å². The Bertz CT molecular complexity index is 248.